The van der Waals surface area contributed by atoms with E-state index in [9.17, 15) is 14.4 Å². The Balaban J connectivity index is 0.000000521. The number of rotatable bonds is 11. The molecular formula is C28H34N4O5. The zero-order valence-electron chi connectivity index (χ0n) is 21.4. The van der Waals surface area contributed by atoms with Gasteiger partial charge in [0.25, 0.3) is 0 Å². The van der Waals surface area contributed by atoms with E-state index in [-0.39, 0.29) is 18.6 Å². The smallest absolute Gasteiger partial charge is 0.328 e. The molecule has 0 aliphatic rings. The van der Waals surface area contributed by atoms with E-state index in [1.165, 1.54) is 0 Å². The Morgan fingerprint density at radius 3 is 1.86 bits per heavy atom. The van der Waals surface area contributed by atoms with Crippen LogP contribution in [0.15, 0.2) is 79.0 Å². The van der Waals surface area contributed by atoms with Crippen LogP contribution >= 0.6 is 0 Å². The van der Waals surface area contributed by atoms with Gasteiger partial charge < -0.3 is 15.5 Å². The number of carbonyl (C=O) groups is 3. The monoisotopic (exact) mass is 506 g/mol. The van der Waals surface area contributed by atoms with Gasteiger partial charge in [0.15, 0.2) is 0 Å². The zero-order valence-corrected chi connectivity index (χ0v) is 21.4. The maximum atomic E-state index is 12.8. The summed E-state index contributed by atoms with van der Waals surface area (Å²) in [6.45, 7) is 8.33. The van der Waals surface area contributed by atoms with Crippen molar-refractivity contribution in [2.24, 2.45) is 0 Å². The van der Waals surface area contributed by atoms with Crippen molar-refractivity contribution in [2.75, 3.05) is 13.1 Å². The van der Waals surface area contributed by atoms with Gasteiger partial charge in [-0.1, -0.05) is 81.4 Å². The molecule has 1 unspecified atom stereocenters. The van der Waals surface area contributed by atoms with E-state index in [0.29, 0.717) is 12.2 Å². The van der Waals surface area contributed by atoms with Crippen LogP contribution < -0.4 is 5.32 Å². The zero-order chi connectivity index (χ0) is 27.2. The number of hydrogen-bond acceptors (Lipinski definition) is 5. The molecule has 196 valence electrons. The highest BCUT2D eigenvalue weighted by Gasteiger charge is 2.19. The molecule has 0 bridgehead atoms. The van der Waals surface area contributed by atoms with Crippen molar-refractivity contribution in [1.82, 2.24) is 20.0 Å². The number of benzene rings is 2. The highest BCUT2D eigenvalue weighted by Crippen LogP contribution is 2.31. The lowest BCUT2D eigenvalue weighted by Crippen LogP contribution is -2.48. The summed E-state index contributed by atoms with van der Waals surface area (Å²) in [7, 11) is 0. The van der Waals surface area contributed by atoms with E-state index < -0.39 is 11.9 Å². The number of carboxylic acids is 2. The molecule has 9 heteroatoms. The molecule has 1 amide bonds. The van der Waals surface area contributed by atoms with E-state index in [1.807, 2.05) is 47.3 Å². The summed E-state index contributed by atoms with van der Waals surface area (Å²) in [5.41, 5.74) is 4.13. The van der Waals surface area contributed by atoms with Crippen molar-refractivity contribution >= 4 is 17.8 Å². The quantitative estimate of drug-likeness (QED) is 0.264. The number of carbonyl (C=O) groups excluding carboxylic acids is 1. The highest BCUT2D eigenvalue weighted by molar-refractivity contribution is 5.89. The Kier molecular flexibility index (Phi) is 11.8. The van der Waals surface area contributed by atoms with Crippen molar-refractivity contribution < 1.29 is 24.6 Å². The third kappa shape index (κ3) is 9.05. The predicted octanol–water partition coefficient (Wildman–Crippen LogP) is 4.12. The SMILES string of the molecule is CCC(NC(=O)Cn1ncc(-c2ccccc2)c1-c1ccccc1)N(CC)CC.O=C(O)/C=C/C(=O)O. The van der Waals surface area contributed by atoms with Gasteiger partial charge in [-0.15, -0.1) is 0 Å². The molecular weight excluding hydrogens is 472 g/mol. The second kappa shape index (κ2) is 15.0. The standard InChI is InChI=1S/C24H30N4O.C4H4O4/c1-4-22(27(5-2)6-3)26-23(29)18-28-24(20-15-11-8-12-16-20)21(17-25-28)19-13-9-7-10-14-19;5-3(6)1-2-4(7)8/h7-17,22H,4-6,18H2,1-3H3,(H,26,29);1-2H,(H,5,6)(H,7,8)/b;2-1+. The van der Waals surface area contributed by atoms with E-state index in [2.05, 4.69) is 60.4 Å². The Bertz CT molecular complexity index is 1160. The van der Waals surface area contributed by atoms with Crippen molar-refractivity contribution in [3.63, 3.8) is 0 Å². The molecule has 3 N–H and O–H groups in total. The van der Waals surface area contributed by atoms with Crippen LogP contribution in [0.3, 0.4) is 0 Å². The predicted molar refractivity (Wildman–Crippen MR) is 143 cm³/mol. The van der Waals surface area contributed by atoms with Crippen LogP contribution in [-0.2, 0) is 20.9 Å². The van der Waals surface area contributed by atoms with Gasteiger partial charge in [-0.2, -0.15) is 5.10 Å². The first-order chi connectivity index (χ1) is 17.8. The van der Waals surface area contributed by atoms with Crippen LogP contribution in [0.4, 0.5) is 0 Å². The molecule has 1 atom stereocenters. The summed E-state index contributed by atoms with van der Waals surface area (Å²) in [5.74, 6) is -2.54. The molecule has 37 heavy (non-hydrogen) atoms. The Hall–Kier alpha value is -4.24. The molecule has 0 saturated heterocycles. The number of aliphatic carboxylic acids is 2. The largest absolute Gasteiger partial charge is 0.478 e. The molecule has 0 fully saturated rings. The van der Waals surface area contributed by atoms with Gasteiger partial charge in [0, 0.05) is 23.3 Å². The van der Waals surface area contributed by atoms with Gasteiger partial charge in [-0.3, -0.25) is 14.4 Å². The third-order valence-corrected chi connectivity index (χ3v) is 5.60. The molecule has 1 aromatic heterocycles. The van der Waals surface area contributed by atoms with Gasteiger partial charge in [-0.25, -0.2) is 9.59 Å². The van der Waals surface area contributed by atoms with Crippen molar-refractivity contribution in [1.29, 1.82) is 0 Å². The average molecular weight is 507 g/mol. The van der Waals surface area contributed by atoms with E-state index in [0.717, 1.165) is 41.9 Å². The van der Waals surface area contributed by atoms with E-state index >= 15 is 0 Å². The summed E-state index contributed by atoms with van der Waals surface area (Å²) in [6.07, 6.45) is 3.88. The second-order valence-corrected chi connectivity index (χ2v) is 8.02. The fourth-order valence-corrected chi connectivity index (χ4v) is 3.86. The summed E-state index contributed by atoms with van der Waals surface area (Å²) >= 11 is 0. The van der Waals surface area contributed by atoms with Crippen LogP contribution in [0, 0.1) is 0 Å². The number of nitrogens with zero attached hydrogens (tertiary/aromatic N) is 3. The molecule has 9 nitrogen and oxygen atoms in total. The van der Waals surface area contributed by atoms with Gasteiger partial charge >= 0.3 is 11.9 Å². The summed E-state index contributed by atoms with van der Waals surface area (Å²) < 4.78 is 1.81. The van der Waals surface area contributed by atoms with Gasteiger partial charge in [0.05, 0.1) is 18.1 Å². The number of amides is 1. The molecule has 0 aliphatic carbocycles. The van der Waals surface area contributed by atoms with Gasteiger partial charge in [-0.05, 0) is 25.1 Å². The summed E-state index contributed by atoms with van der Waals surface area (Å²) in [6, 6.07) is 20.3. The number of hydrogen-bond donors (Lipinski definition) is 3. The van der Waals surface area contributed by atoms with E-state index in [1.54, 1.807) is 0 Å². The van der Waals surface area contributed by atoms with Crippen molar-refractivity contribution in [3.8, 4) is 22.4 Å². The normalized spacial score (nSPS) is 11.6. The van der Waals surface area contributed by atoms with Crippen molar-refractivity contribution in [3.05, 3.63) is 79.0 Å². The maximum absolute atomic E-state index is 12.8. The lowest BCUT2D eigenvalue weighted by molar-refractivity contribution is -0.134. The first kappa shape index (κ1) is 29.0. The Morgan fingerprint density at radius 1 is 0.892 bits per heavy atom. The number of carboxylic acid groups (broad SMARTS) is 2. The molecule has 3 aromatic rings. The minimum atomic E-state index is -1.26. The van der Waals surface area contributed by atoms with Crippen molar-refractivity contribution in [2.45, 2.75) is 39.9 Å². The minimum Gasteiger partial charge on any atom is -0.478 e. The second-order valence-electron chi connectivity index (χ2n) is 8.02. The fraction of sp³-hybridized carbons (Fsp3) is 0.286. The lowest BCUT2D eigenvalue weighted by atomic mass is 10.0. The van der Waals surface area contributed by atoms with Crippen LogP contribution in [0.25, 0.3) is 22.4 Å². The molecule has 1 heterocycles. The van der Waals surface area contributed by atoms with E-state index in [4.69, 9.17) is 10.2 Å². The lowest BCUT2D eigenvalue weighted by Gasteiger charge is -2.29. The maximum Gasteiger partial charge on any atom is 0.328 e. The van der Waals surface area contributed by atoms with Crippen LogP contribution in [0.5, 0.6) is 0 Å². The summed E-state index contributed by atoms with van der Waals surface area (Å²) in [5, 5.41) is 23.4. The molecule has 0 spiro atoms. The molecule has 0 radical (unpaired) electrons. The summed E-state index contributed by atoms with van der Waals surface area (Å²) in [4.78, 5) is 34.2. The minimum absolute atomic E-state index is 0.0244. The van der Waals surface area contributed by atoms with Crippen LogP contribution in [0.2, 0.25) is 0 Å². The third-order valence-electron chi connectivity index (χ3n) is 5.60. The molecule has 2 aromatic carbocycles. The first-order valence-corrected chi connectivity index (χ1v) is 12.1. The van der Waals surface area contributed by atoms with Gasteiger partial charge in [0.2, 0.25) is 5.91 Å². The van der Waals surface area contributed by atoms with Crippen LogP contribution in [-0.4, -0.2) is 62.0 Å². The molecule has 0 aliphatic heterocycles. The fourth-order valence-electron chi connectivity index (χ4n) is 3.86. The Labute approximate surface area is 217 Å². The topological polar surface area (TPSA) is 125 Å². The molecule has 0 saturated carbocycles. The number of aromatic nitrogens is 2. The average Bonchev–Trinajstić information content (AvgIpc) is 3.32. The van der Waals surface area contributed by atoms with Gasteiger partial charge in [0.1, 0.15) is 6.54 Å². The van der Waals surface area contributed by atoms with Crippen LogP contribution in [0.1, 0.15) is 27.2 Å². The highest BCUT2D eigenvalue weighted by atomic mass is 16.4. The first-order valence-electron chi connectivity index (χ1n) is 12.1. The Morgan fingerprint density at radius 2 is 1.41 bits per heavy atom. The number of nitrogens with one attached hydrogen (secondary N) is 1. The molecule has 3 rings (SSSR count).